The van der Waals surface area contributed by atoms with Crippen molar-refractivity contribution in [3.05, 3.63) is 48.3 Å². The number of sulfonamides is 1. The Morgan fingerprint density at radius 2 is 1.70 bits per heavy atom. The molecule has 0 saturated carbocycles. The molecule has 2 aromatic carbocycles. The molecule has 27 heavy (non-hydrogen) atoms. The number of nitrogens with one attached hydrogen (secondary N) is 1. The van der Waals surface area contributed by atoms with Crippen molar-refractivity contribution in [3.8, 4) is 0 Å². The SMILES string of the molecule is O=C1CCC(=O)N1c1ccc(S(=O)(=O)Nc2nc3ccc(F)cc3s2)cc1. The molecule has 0 bridgehead atoms. The van der Waals surface area contributed by atoms with Crippen LogP contribution in [0.1, 0.15) is 12.8 Å². The fourth-order valence-corrected chi connectivity index (χ4v) is 4.88. The van der Waals surface area contributed by atoms with Gasteiger partial charge in [-0.1, -0.05) is 11.3 Å². The van der Waals surface area contributed by atoms with Crippen molar-refractivity contribution < 1.29 is 22.4 Å². The topological polar surface area (TPSA) is 96.4 Å². The molecule has 1 aliphatic heterocycles. The molecule has 0 radical (unpaired) electrons. The van der Waals surface area contributed by atoms with Crippen LogP contribution in [0.3, 0.4) is 0 Å². The van der Waals surface area contributed by atoms with Gasteiger partial charge in [-0.15, -0.1) is 0 Å². The predicted molar refractivity (Wildman–Crippen MR) is 98.6 cm³/mol. The van der Waals surface area contributed by atoms with Crippen molar-refractivity contribution in [2.75, 3.05) is 9.62 Å². The summed E-state index contributed by atoms with van der Waals surface area (Å²) in [5.74, 6) is -1.05. The van der Waals surface area contributed by atoms with Crippen LogP contribution in [0.2, 0.25) is 0 Å². The van der Waals surface area contributed by atoms with Crippen LogP contribution in [0.15, 0.2) is 47.4 Å². The number of halogens is 1. The summed E-state index contributed by atoms with van der Waals surface area (Å²) < 4.78 is 41.2. The van der Waals surface area contributed by atoms with Crippen LogP contribution in [-0.2, 0) is 19.6 Å². The predicted octanol–water partition coefficient (Wildman–Crippen LogP) is 2.89. The van der Waals surface area contributed by atoms with Gasteiger partial charge in [0, 0.05) is 12.8 Å². The van der Waals surface area contributed by atoms with Crippen LogP contribution in [0.25, 0.3) is 10.2 Å². The molecule has 0 atom stereocenters. The molecule has 3 aromatic rings. The van der Waals surface area contributed by atoms with E-state index in [1.807, 2.05) is 0 Å². The average Bonchev–Trinajstić information content (AvgIpc) is 3.16. The minimum absolute atomic E-state index is 0.0456. The number of rotatable bonds is 4. The third-order valence-corrected chi connectivity index (χ3v) is 6.45. The molecule has 7 nitrogen and oxygen atoms in total. The maximum Gasteiger partial charge on any atom is 0.263 e. The van der Waals surface area contributed by atoms with Crippen molar-refractivity contribution in [3.63, 3.8) is 0 Å². The second-order valence-corrected chi connectivity index (χ2v) is 8.57. The van der Waals surface area contributed by atoms with Crippen molar-refractivity contribution in [2.24, 2.45) is 0 Å². The number of amides is 2. The number of imide groups is 1. The molecule has 1 N–H and O–H groups in total. The van der Waals surface area contributed by atoms with Gasteiger partial charge in [-0.2, -0.15) is 0 Å². The van der Waals surface area contributed by atoms with E-state index in [4.69, 9.17) is 0 Å². The zero-order chi connectivity index (χ0) is 19.2. The molecule has 138 valence electrons. The first-order valence-corrected chi connectivity index (χ1v) is 10.2. The van der Waals surface area contributed by atoms with Crippen molar-refractivity contribution in [1.29, 1.82) is 0 Å². The summed E-state index contributed by atoms with van der Waals surface area (Å²) in [5, 5.41) is 0.115. The Labute approximate surface area is 157 Å². The minimum Gasteiger partial charge on any atom is -0.274 e. The quantitative estimate of drug-likeness (QED) is 0.674. The number of hydrogen-bond donors (Lipinski definition) is 1. The standard InChI is InChI=1S/C17H12FN3O4S2/c18-10-1-6-13-14(9-10)26-17(19-13)20-27(24,25)12-4-2-11(3-5-12)21-15(22)7-8-16(21)23/h1-6,9H,7-8H2,(H,19,20). The molecule has 10 heteroatoms. The van der Waals surface area contributed by atoms with Gasteiger partial charge in [0.2, 0.25) is 11.8 Å². The lowest BCUT2D eigenvalue weighted by Gasteiger charge is -2.14. The van der Waals surface area contributed by atoms with Crippen LogP contribution in [0, 0.1) is 5.82 Å². The molecule has 1 fully saturated rings. The summed E-state index contributed by atoms with van der Waals surface area (Å²) in [5.41, 5.74) is 0.817. The van der Waals surface area contributed by atoms with E-state index in [1.165, 1.54) is 42.5 Å². The summed E-state index contributed by atoms with van der Waals surface area (Å²) >= 11 is 1.02. The van der Waals surface area contributed by atoms with Crippen molar-refractivity contribution in [1.82, 2.24) is 4.98 Å². The van der Waals surface area contributed by atoms with Crippen LogP contribution in [-0.4, -0.2) is 25.2 Å². The van der Waals surface area contributed by atoms with Gasteiger partial charge in [-0.25, -0.2) is 17.8 Å². The number of anilines is 2. The Morgan fingerprint density at radius 3 is 2.37 bits per heavy atom. The Hall–Kier alpha value is -2.85. The number of aromatic nitrogens is 1. The third-order valence-electron chi connectivity index (χ3n) is 4.03. The first-order valence-electron chi connectivity index (χ1n) is 7.88. The minimum atomic E-state index is -3.92. The number of fused-ring (bicyclic) bond motifs is 1. The second-order valence-electron chi connectivity index (χ2n) is 5.85. The molecular formula is C17H12FN3O4S2. The van der Waals surface area contributed by atoms with E-state index >= 15 is 0 Å². The number of carbonyl (C=O) groups excluding carboxylic acids is 2. The van der Waals surface area contributed by atoms with E-state index in [-0.39, 0.29) is 34.7 Å². The molecule has 1 aromatic heterocycles. The molecule has 2 amide bonds. The number of carbonyl (C=O) groups is 2. The third kappa shape index (κ3) is 3.28. The maximum absolute atomic E-state index is 13.3. The van der Waals surface area contributed by atoms with E-state index in [0.717, 1.165) is 16.2 Å². The second kappa shape index (κ2) is 6.39. The summed E-state index contributed by atoms with van der Waals surface area (Å²) in [6, 6.07) is 9.43. The van der Waals surface area contributed by atoms with Gasteiger partial charge in [0.25, 0.3) is 10.0 Å². The smallest absolute Gasteiger partial charge is 0.263 e. The molecule has 0 aliphatic carbocycles. The number of thiazole rings is 1. The Morgan fingerprint density at radius 1 is 1.04 bits per heavy atom. The Kier molecular flexibility index (Phi) is 4.16. The summed E-state index contributed by atoms with van der Waals surface area (Å²) in [6.07, 6.45) is 0.303. The Bertz CT molecular complexity index is 1160. The number of benzene rings is 2. The van der Waals surface area contributed by atoms with Crippen LogP contribution < -0.4 is 9.62 Å². The fraction of sp³-hybridized carbons (Fsp3) is 0.118. The van der Waals surface area contributed by atoms with Crippen LogP contribution in [0.5, 0.6) is 0 Å². The fourth-order valence-electron chi connectivity index (χ4n) is 2.75. The molecule has 1 aliphatic rings. The summed E-state index contributed by atoms with van der Waals surface area (Å²) in [6.45, 7) is 0. The zero-order valence-electron chi connectivity index (χ0n) is 13.7. The Balaban J connectivity index is 1.59. The van der Waals surface area contributed by atoms with Gasteiger partial charge in [0.1, 0.15) is 5.82 Å². The van der Waals surface area contributed by atoms with Crippen molar-refractivity contribution in [2.45, 2.75) is 17.7 Å². The lowest BCUT2D eigenvalue weighted by atomic mass is 10.3. The summed E-state index contributed by atoms with van der Waals surface area (Å²) in [7, 11) is -3.92. The van der Waals surface area contributed by atoms with Gasteiger partial charge >= 0.3 is 0 Å². The molecule has 2 heterocycles. The average molecular weight is 405 g/mol. The molecule has 1 saturated heterocycles. The van der Waals surface area contributed by atoms with Gasteiger partial charge in [0.15, 0.2) is 5.13 Å². The van der Waals surface area contributed by atoms with Gasteiger partial charge in [-0.05, 0) is 42.5 Å². The first-order chi connectivity index (χ1) is 12.8. The lowest BCUT2D eigenvalue weighted by molar-refractivity contribution is -0.121. The monoisotopic (exact) mass is 405 g/mol. The number of hydrogen-bond acceptors (Lipinski definition) is 6. The highest BCUT2D eigenvalue weighted by atomic mass is 32.2. The van der Waals surface area contributed by atoms with E-state index < -0.39 is 15.8 Å². The van der Waals surface area contributed by atoms with E-state index in [1.54, 1.807) is 0 Å². The highest BCUT2D eigenvalue weighted by Gasteiger charge is 2.30. The van der Waals surface area contributed by atoms with E-state index in [2.05, 4.69) is 9.71 Å². The van der Waals surface area contributed by atoms with E-state index in [0.29, 0.717) is 15.9 Å². The largest absolute Gasteiger partial charge is 0.274 e. The molecule has 0 spiro atoms. The van der Waals surface area contributed by atoms with E-state index in [9.17, 15) is 22.4 Å². The van der Waals surface area contributed by atoms with Gasteiger partial charge in [0.05, 0.1) is 20.8 Å². The lowest BCUT2D eigenvalue weighted by Crippen LogP contribution is -2.28. The highest BCUT2D eigenvalue weighted by Crippen LogP contribution is 2.29. The van der Waals surface area contributed by atoms with Gasteiger partial charge in [-0.3, -0.25) is 19.2 Å². The van der Waals surface area contributed by atoms with Crippen LogP contribution in [0.4, 0.5) is 15.2 Å². The highest BCUT2D eigenvalue weighted by molar-refractivity contribution is 7.93. The molecule has 0 unspecified atom stereocenters. The van der Waals surface area contributed by atoms with Crippen molar-refractivity contribution >= 4 is 54.2 Å². The molecular weight excluding hydrogens is 393 g/mol. The zero-order valence-corrected chi connectivity index (χ0v) is 15.3. The van der Waals surface area contributed by atoms with Crippen LogP contribution >= 0.6 is 11.3 Å². The number of nitrogens with zero attached hydrogens (tertiary/aromatic N) is 2. The molecule has 4 rings (SSSR count). The van der Waals surface area contributed by atoms with Gasteiger partial charge < -0.3 is 0 Å². The first kappa shape index (κ1) is 17.6. The maximum atomic E-state index is 13.3. The normalized spacial score (nSPS) is 14.9. The summed E-state index contributed by atoms with van der Waals surface area (Å²) in [4.78, 5) is 28.6.